The molecule has 2 rings (SSSR count). The predicted molar refractivity (Wildman–Crippen MR) is 90.5 cm³/mol. The number of carbonyl (C=O) groups excluding carboxylic acids is 2. The number of aromatic hydroxyl groups is 1. The van der Waals surface area contributed by atoms with Gasteiger partial charge in [0.05, 0.1) is 11.5 Å². The van der Waals surface area contributed by atoms with E-state index in [-0.39, 0.29) is 28.9 Å². The van der Waals surface area contributed by atoms with Crippen LogP contribution < -0.4 is 0 Å². The van der Waals surface area contributed by atoms with Crippen molar-refractivity contribution in [3.8, 4) is 5.75 Å². The number of ether oxygens (including phenoxy) is 1. The van der Waals surface area contributed by atoms with E-state index in [2.05, 4.69) is 15.9 Å². The third-order valence-electron chi connectivity index (χ3n) is 3.82. The number of phenolic OH excluding ortho intramolecular Hbond substituents is 1. The van der Waals surface area contributed by atoms with Gasteiger partial charge in [0.15, 0.2) is 16.4 Å². The molecule has 24 heavy (non-hydrogen) atoms. The van der Waals surface area contributed by atoms with Gasteiger partial charge in [-0.15, -0.1) is 0 Å². The van der Waals surface area contributed by atoms with Gasteiger partial charge in [-0.05, 0) is 31.5 Å². The van der Waals surface area contributed by atoms with E-state index in [4.69, 9.17) is 4.74 Å². The zero-order valence-electron chi connectivity index (χ0n) is 13.1. The molecule has 1 saturated heterocycles. The number of halogens is 1. The highest BCUT2D eigenvalue weighted by molar-refractivity contribution is 9.10. The molecule has 9 heteroatoms. The fourth-order valence-electron chi connectivity index (χ4n) is 2.62. The fraction of sp³-hybridized carbons (Fsp3) is 0.467. The van der Waals surface area contributed by atoms with Crippen LogP contribution in [0, 0.1) is 0 Å². The maximum atomic E-state index is 12.2. The number of phenols is 1. The summed E-state index contributed by atoms with van der Waals surface area (Å²) in [6.07, 6.45) is 0.391. The number of amides is 1. The summed E-state index contributed by atoms with van der Waals surface area (Å²) < 4.78 is 28.6. The number of hydrogen-bond acceptors (Lipinski definition) is 6. The van der Waals surface area contributed by atoms with Gasteiger partial charge in [-0.1, -0.05) is 15.9 Å². The topological polar surface area (TPSA) is 101 Å². The quantitative estimate of drug-likeness (QED) is 0.722. The van der Waals surface area contributed by atoms with Gasteiger partial charge in [0, 0.05) is 17.1 Å². The Kier molecular flexibility index (Phi) is 5.87. The van der Waals surface area contributed by atoms with Crippen molar-refractivity contribution in [1.29, 1.82) is 0 Å². The van der Waals surface area contributed by atoms with Crippen molar-refractivity contribution >= 4 is 37.6 Å². The number of sulfone groups is 1. The molecule has 1 aliphatic rings. The molecule has 0 bridgehead atoms. The molecule has 1 fully saturated rings. The lowest BCUT2D eigenvalue weighted by Crippen LogP contribution is -2.43. The molecule has 132 valence electrons. The number of hydrogen-bond donors (Lipinski definition) is 1. The summed E-state index contributed by atoms with van der Waals surface area (Å²) in [6, 6.07) is 3.91. The highest BCUT2D eigenvalue weighted by Gasteiger charge is 2.34. The zero-order valence-corrected chi connectivity index (χ0v) is 15.5. The van der Waals surface area contributed by atoms with Gasteiger partial charge in [-0.3, -0.25) is 4.79 Å². The Bertz CT molecular complexity index is 748. The van der Waals surface area contributed by atoms with Crippen LogP contribution >= 0.6 is 15.9 Å². The van der Waals surface area contributed by atoms with E-state index in [1.807, 2.05) is 0 Å². The molecule has 1 aliphatic heterocycles. The summed E-state index contributed by atoms with van der Waals surface area (Å²) in [6.45, 7) is 1.57. The summed E-state index contributed by atoms with van der Waals surface area (Å²) in [5.74, 6) is -1.52. The van der Waals surface area contributed by atoms with Crippen molar-refractivity contribution in [1.82, 2.24) is 4.90 Å². The highest BCUT2D eigenvalue weighted by atomic mass is 79.9. The SMILES string of the molecule is CCN(C(=O)COC(=O)c1cc(Br)ccc1O)C1CCS(=O)(=O)C1. The minimum atomic E-state index is -3.11. The average Bonchev–Trinajstić information content (AvgIpc) is 2.87. The molecule has 1 unspecified atom stereocenters. The van der Waals surface area contributed by atoms with E-state index < -0.39 is 28.3 Å². The second kappa shape index (κ2) is 7.52. The first kappa shape index (κ1) is 18.7. The van der Waals surface area contributed by atoms with Crippen molar-refractivity contribution in [3.05, 3.63) is 28.2 Å². The monoisotopic (exact) mass is 419 g/mol. The Balaban J connectivity index is 1.98. The van der Waals surface area contributed by atoms with Crippen molar-refractivity contribution in [2.24, 2.45) is 0 Å². The third-order valence-corrected chi connectivity index (χ3v) is 6.06. The van der Waals surface area contributed by atoms with Gasteiger partial charge in [0.2, 0.25) is 0 Å². The highest BCUT2D eigenvalue weighted by Crippen LogP contribution is 2.23. The Morgan fingerprint density at radius 1 is 1.42 bits per heavy atom. The molecule has 7 nitrogen and oxygen atoms in total. The van der Waals surface area contributed by atoms with Crippen LogP contribution in [0.15, 0.2) is 22.7 Å². The van der Waals surface area contributed by atoms with Crippen LogP contribution in [0.4, 0.5) is 0 Å². The number of likely N-dealkylation sites (N-methyl/N-ethyl adjacent to an activating group) is 1. The van der Waals surface area contributed by atoms with E-state index in [9.17, 15) is 23.1 Å². The van der Waals surface area contributed by atoms with Crippen LogP contribution in [0.2, 0.25) is 0 Å². The van der Waals surface area contributed by atoms with Gasteiger partial charge >= 0.3 is 5.97 Å². The third kappa shape index (κ3) is 4.47. The number of nitrogens with zero attached hydrogens (tertiary/aromatic N) is 1. The summed E-state index contributed by atoms with van der Waals surface area (Å²) in [5.41, 5.74) is -0.0522. The van der Waals surface area contributed by atoms with Crippen LogP contribution in [-0.4, -0.2) is 61.0 Å². The van der Waals surface area contributed by atoms with E-state index in [0.717, 1.165) is 0 Å². The summed E-state index contributed by atoms with van der Waals surface area (Å²) in [7, 11) is -3.11. The number of rotatable bonds is 5. The molecule has 0 spiro atoms. The maximum Gasteiger partial charge on any atom is 0.342 e. The van der Waals surface area contributed by atoms with Crippen LogP contribution in [0.1, 0.15) is 23.7 Å². The molecule has 1 N–H and O–H groups in total. The molecular weight excluding hydrogens is 402 g/mol. The van der Waals surface area contributed by atoms with E-state index in [1.165, 1.54) is 17.0 Å². The number of benzene rings is 1. The molecule has 1 heterocycles. The summed E-state index contributed by atoms with van der Waals surface area (Å²) in [4.78, 5) is 25.6. The second-order valence-corrected chi connectivity index (χ2v) is 8.62. The van der Waals surface area contributed by atoms with Crippen LogP contribution in [0.5, 0.6) is 5.75 Å². The Morgan fingerprint density at radius 2 is 2.12 bits per heavy atom. The van der Waals surface area contributed by atoms with Crippen LogP contribution in [0.25, 0.3) is 0 Å². The fourth-order valence-corrected chi connectivity index (χ4v) is 4.71. The van der Waals surface area contributed by atoms with E-state index in [1.54, 1.807) is 13.0 Å². The van der Waals surface area contributed by atoms with Crippen LogP contribution in [-0.2, 0) is 19.4 Å². The molecule has 1 atom stereocenters. The number of esters is 1. The zero-order chi connectivity index (χ0) is 17.9. The Hall–Kier alpha value is -1.61. The van der Waals surface area contributed by atoms with Gasteiger partial charge in [0.1, 0.15) is 11.3 Å². The van der Waals surface area contributed by atoms with Crippen molar-refractivity contribution in [3.63, 3.8) is 0 Å². The average molecular weight is 420 g/mol. The molecule has 0 radical (unpaired) electrons. The first-order valence-corrected chi connectivity index (χ1v) is 10.0. The van der Waals surface area contributed by atoms with Gasteiger partial charge in [0.25, 0.3) is 5.91 Å². The molecule has 0 aliphatic carbocycles. The molecule has 0 saturated carbocycles. The lowest BCUT2D eigenvalue weighted by Gasteiger charge is -2.26. The molecular formula is C15H18BrNO6S. The van der Waals surface area contributed by atoms with Crippen molar-refractivity contribution in [2.45, 2.75) is 19.4 Å². The summed E-state index contributed by atoms with van der Waals surface area (Å²) >= 11 is 3.18. The normalized spacial score (nSPS) is 19.0. The van der Waals surface area contributed by atoms with Crippen molar-refractivity contribution in [2.75, 3.05) is 24.7 Å². The standard InChI is InChI=1S/C15H18BrNO6S/c1-2-17(11-5-6-24(21,22)9-11)14(19)8-23-15(20)12-7-10(16)3-4-13(12)18/h3-4,7,11,18H,2,5-6,8-9H2,1H3. The van der Waals surface area contributed by atoms with Gasteiger partial charge < -0.3 is 14.7 Å². The smallest absolute Gasteiger partial charge is 0.342 e. The molecule has 1 amide bonds. The second-order valence-electron chi connectivity index (χ2n) is 5.47. The minimum Gasteiger partial charge on any atom is -0.507 e. The maximum absolute atomic E-state index is 12.2. The summed E-state index contributed by atoms with van der Waals surface area (Å²) in [5, 5.41) is 9.67. The van der Waals surface area contributed by atoms with E-state index in [0.29, 0.717) is 17.4 Å². The molecule has 1 aromatic rings. The van der Waals surface area contributed by atoms with Gasteiger partial charge in [-0.25, -0.2) is 13.2 Å². The lowest BCUT2D eigenvalue weighted by atomic mass is 10.2. The molecule has 1 aromatic carbocycles. The largest absolute Gasteiger partial charge is 0.507 e. The first-order valence-electron chi connectivity index (χ1n) is 7.39. The predicted octanol–water partition coefficient (Wildman–Crippen LogP) is 1.35. The van der Waals surface area contributed by atoms with E-state index >= 15 is 0 Å². The minimum absolute atomic E-state index is 0.0522. The Labute approximate surface area is 148 Å². The lowest BCUT2D eigenvalue weighted by molar-refractivity contribution is -0.136. The Morgan fingerprint density at radius 3 is 2.71 bits per heavy atom. The van der Waals surface area contributed by atoms with Gasteiger partial charge in [-0.2, -0.15) is 0 Å². The molecule has 0 aromatic heterocycles. The number of carbonyl (C=O) groups is 2. The van der Waals surface area contributed by atoms with Crippen molar-refractivity contribution < 1.29 is 27.9 Å². The first-order chi connectivity index (χ1) is 11.2. The van der Waals surface area contributed by atoms with Crippen LogP contribution in [0.3, 0.4) is 0 Å².